The van der Waals surface area contributed by atoms with Crippen LogP contribution in [-0.2, 0) is 9.59 Å². The van der Waals surface area contributed by atoms with Gasteiger partial charge < -0.3 is 15.1 Å². The third-order valence-electron chi connectivity index (χ3n) is 5.44. The number of piperidine rings is 1. The molecule has 9 nitrogen and oxygen atoms in total. The van der Waals surface area contributed by atoms with Crippen LogP contribution in [0.25, 0.3) is 11.4 Å². The molecule has 1 aromatic carbocycles. The minimum absolute atomic E-state index is 0.356. The minimum Gasteiger partial charge on any atom is -0.334 e. The van der Waals surface area contributed by atoms with E-state index in [4.69, 9.17) is 0 Å². The normalized spacial score (nSPS) is 17.8. The number of nitrogens with zero attached hydrogens (tertiary/aromatic N) is 6. The Morgan fingerprint density at radius 3 is 2.57 bits per heavy atom. The van der Waals surface area contributed by atoms with Crippen LogP contribution in [0.1, 0.15) is 31.7 Å². The maximum Gasteiger partial charge on any atom is 0.313 e. The van der Waals surface area contributed by atoms with Crippen molar-refractivity contribution in [1.82, 2.24) is 30.0 Å². The standard InChI is InChI=1S/C19H25N7O2/c1-24(2)15-8-10-25(11-9-15)19(28)18(27)20-14-5-3-4-13(12-14)17-21-22-23-26(17)16-6-7-16/h3-5,12,15-16H,6-11H2,1-2H3,(H,20,27). The summed E-state index contributed by atoms with van der Waals surface area (Å²) in [4.78, 5) is 28.8. The monoisotopic (exact) mass is 383 g/mol. The van der Waals surface area contributed by atoms with Crippen molar-refractivity contribution in [1.29, 1.82) is 0 Å². The van der Waals surface area contributed by atoms with Crippen LogP contribution >= 0.6 is 0 Å². The maximum atomic E-state index is 12.5. The molecule has 0 spiro atoms. The molecule has 1 saturated carbocycles. The Hall–Kier alpha value is -2.81. The highest BCUT2D eigenvalue weighted by Crippen LogP contribution is 2.36. The number of benzene rings is 1. The molecule has 0 bridgehead atoms. The lowest BCUT2D eigenvalue weighted by Gasteiger charge is -2.34. The number of likely N-dealkylation sites (tertiary alicyclic amines) is 1. The summed E-state index contributed by atoms with van der Waals surface area (Å²) >= 11 is 0. The molecular weight excluding hydrogens is 358 g/mol. The van der Waals surface area contributed by atoms with Crippen molar-refractivity contribution >= 4 is 17.5 Å². The summed E-state index contributed by atoms with van der Waals surface area (Å²) in [5.74, 6) is -0.414. The van der Waals surface area contributed by atoms with Crippen molar-refractivity contribution in [3.63, 3.8) is 0 Å². The quantitative estimate of drug-likeness (QED) is 0.796. The van der Waals surface area contributed by atoms with Crippen LogP contribution in [0.4, 0.5) is 5.69 Å². The fourth-order valence-corrected chi connectivity index (χ4v) is 3.60. The second-order valence-corrected chi connectivity index (χ2v) is 7.70. The molecule has 2 aliphatic rings. The smallest absolute Gasteiger partial charge is 0.313 e. The summed E-state index contributed by atoms with van der Waals surface area (Å²) in [6.07, 6.45) is 3.91. The summed E-state index contributed by atoms with van der Waals surface area (Å²) < 4.78 is 1.82. The van der Waals surface area contributed by atoms with Gasteiger partial charge in [0.05, 0.1) is 6.04 Å². The fourth-order valence-electron chi connectivity index (χ4n) is 3.60. The molecule has 1 aliphatic carbocycles. The molecule has 4 rings (SSSR count). The van der Waals surface area contributed by atoms with Crippen LogP contribution in [-0.4, -0.2) is 75.0 Å². The molecule has 1 saturated heterocycles. The van der Waals surface area contributed by atoms with Gasteiger partial charge in [-0.1, -0.05) is 12.1 Å². The number of nitrogens with one attached hydrogen (secondary N) is 1. The van der Waals surface area contributed by atoms with E-state index in [0.717, 1.165) is 31.2 Å². The molecule has 2 fully saturated rings. The van der Waals surface area contributed by atoms with E-state index >= 15 is 0 Å². The second kappa shape index (κ2) is 7.67. The largest absolute Gasteiger partial charge is 0.334 e. The van der Waals surface area contributed by atoms with Crippen molar-refractivity contribution < 1.29 is 9.59 Å². The highest BCUT2D eigenvalue weighted by Gasteiger charge is 2.29. The summed E-state index contributed by atoms with van der Waals surface area (Å²) in [5.41, 5.74) is 1.37. The van der Waals surface area contributed by atoms with Crippen molar-refractivity contribution in [2.45, 2.75) is 37.8 Å². The van der Waals surface area contributed by atoms with Gasteiger partial charge >= 0.3 is 11.8 Å². The Bertz CT molecular complexity index is 867. The van der Waals surface area contributed by atoms with Crippen molar-refractivity contribution in [2.24, 2.45) is 0 Å². The van der Waals surface area contributed by atoms with E-state index in [0.29, 0.717) is 36.7 Å². The van der Waals surface area contributed by atoms with Crippen LogP contribution in [0.5, 0.6) is 0 Å². The molecule has 28 heavy (non-hydrogen) atoms. The Morgan fingerprint density at radius 2 is 1.89 bits per heavy atom. The maximum absolute atomic E-state index is 12.5. The van der Waals surface area contributed by atoms with Gasteiger partial charge in [-0.3, -0.25) is 9.59 Å². The number of carbonyl (C=O) groups is 2. The number of amides is 2. The summed E-state index contributed by atoms with van der Waals surface area (Å²) in [7, 11) is 4.09. The average molecular weight is 383 g/mol. The van der Waals surface area contributed by atoms with Gasteiger partial charge in [-0.05, 0) is 62.3 Å². The van der Waals surface area contributed by atoms with Crippen LogP contribution in [0.15, 0.2) is 24.3 Å². The van der Waals surface area contributed by atoms with Gasteiger partial charge in [0.1, 0.15) is 0 Å². The van der Waals surface area contributed by atoms with Gasteiger partial charge in [0.2, 0.25) is 0 Å². The molecule has 1 N–H and O–H groups in total. The van der Waals surface area contributed by atoms with E-state index in [-0.39, 0.29) is 0 Å². The topological polar surface area (TPSA) is 96.2 Å². The van der Waals surface area contributed by atoms with Gasteiger partial charge in [-0.2, -0.15) is 0 Å². The molecule has 1 aliphatic heterocycles. The predicted octanol–water partition coefficient (Wildman–Crippen LogP) is 1.17. The zero-order chi connectivity index (χ0) is 19.7. The number of tetrazole rings is 1. The van der Waals surface area contributed by atoms with Gasteiger partial charge in [0.25, 0.3) is 0 Å². The molecule has 0 unspecified atom stereocenters. The third kappa shape index (κ3) is 3.89. The number of hydrogen-bond acceptors (Lipinski definition) is 6. The summed E-state index contributed by atoms with van der Waals surface area (Å²) in [6, 6.07) is 8.10. The highest BCUT2D eigenvalue weighted by molar-refractivity contribution is 6.39. The molecule has 148 valence electrons. The number of aromatic nitrogens is 4. The molecule has 0 atom stereocenters. The van der Waals surface area contributed by atoms with Gasteiger partial charge in [-0.15, -0.1) is 5.10 Å². The SMILES string of the molecule is CN(C)C1CCN(C(=O)C(=O)Nc2cccc(-c3nnnn3C3CC3)c2)CC1. The lowest BCUT2D eigenvalue weighted by molar-refractivity contribution is -0.144. The van der Waals surface area contributed by atoms with E-state index in [9.17, 15) is 9.59 Å². The first-order valence-electron chi connectivity index (χ1n) is 9.68. The zero-order valence-electron chi connectivity index (χ0n) is 16.2. The van der Waals surface area contributed by atoms with Crippen LogP contribution in [0.2, 0.25) is 0 Å². The minimum atomic E-state index is -0.609. The molecule has 9 heteroatoms. The first-order valence-corrected chi connectivity index (χ1v) is 9.68. The fraction of sp³-hybridized carbons (Fsp3) is 0.526. The van der Waals surface area contributed by atoms with E-state index < -0.39 is 11.8 Å². The lowest BCUT2D eigenvalue weighted by Crippen LogP contribution is -2.47. The Labute approximate surface area is 163 Å². The Kier molecular flexibility index (Phi) is 5.08. The first-order chi connectivity index (χ1) is 13.5. The van der Waals surface area contributed by atoms with Gasteiger partial charge in [0, 0.05) is 30.4 Å². The average Bonchev–Trinajstić information content (AvgIpc) is 3.44. The molecule has 1 aromatic heterocycles. The number of hydrogen-bond donors (Lipinski definition) is 1. The third-order valence-corrected chi connectivity index (χ3v) is 5.44. The molecule has 2 amide bonds. The number of anilines is 1. The van der Waals surface area contributed by atoms with Crippen molar-refractivity contribution in [2.75, 3.05) is 32.5 Å². The highest BCUT2D eigenvalue weighted by atomic mass is 16.2. The molecule has 0 radical (unpaired) electrons. The van der Waals surface area contributed by atoms with Crippen molar-refractivity contribution in [3.05, 3.63) is 24.3 Å². The second-order valence-electron chi connectivity index (χ2n) is 7.70. The van der Waals surface area contributed by atoms with E-state index in [1.54, 1.807) is 17.0 Å². The summed E-state index contributed by atoms with van der Waals surface area (Å²) in [6.45, 7) is 1.20. The Balaban J connectivity index is 1.41. The van der Waals surface area contributed by atoms with E-state index in [1.165, 1.54) is 0 Å². The molecule has 2 heterocycles. The number of rotatable bonds is 4. The van der Waals surface area contributed by atoms with Crippen molar-refractivity contribution in [3.8, 4) is 11.4 Å². The number of carbonyl (C=O) groups excluding carboxylic acids is 2. The predicted molar refractivity (Wildman–Crippen MR) is 103 cm³/mol. The van der Waals surface area contributed by atoms with Gasteiger partial charge in [-0.25, -0.2) is 4.68 Å². The van der Waals surface area contributed by atoms with E-state index in [1.807, 2.05) is 30.9 Å². The molecular formula is C19H25N7O2. The van der Waals surface area contributed by atoms with Crippen LogP contribution in [0.3, 0.4) is 0 Å². The van der Waals surface area contributed by atoms with Crippen LogP contribution < -0.4 is 5.32 Å². The summed E-state index contributed by atoms with van der Waals surface area (Å²) in [5, 5.41) is 14.7. The lowest BCUT2D eigenvalue weighted by atomic mass is 10.0. The van der Waals surface area contributed by atoms with E-state index in [2.05, 4.69) is 25.7 Å². The Morgan fingerprint density at radius 1 is 1.14 bits per heavy atom. The molecule has 2 aromatic rings. The van der Waals surface area contributed by atoms with Crippen LogP contribution in [0, 0.1) is 0 Å². The first kappa shape index (κ1) is 18.5. The zero-order valence-corrected chi connectivity index (χ0v) is 16.2. The van der Waals surface area contributed by atoms with Gasteiger partial charge in [0.15, 0.2) is 5.82 Å².